The molecule has 1 saturated heterocycles. The molecule has 7 nitrogen and oxygen atoms in total. The van der Waals surface area contributed by atoms with Crippen molar-refractivity contribution in [3.05, 3.63) is 83.3 Å². The standard InChI is InChI=1S/C22H23ClN2O5S/c1-24(14-20-7-4-12-28-20)31(26,27)21-15-29-25(2)22(21)16-5-3-6-19(13-16)30-18-10-8-17(23)9-11-18/h3-13,21-22H,14-15H2,1-2H3/t21-,22+/m0/s1. The molecule has 9 heteroatoms. The van der Waals surface area contributed by atoms with Crippen molar-refractivity contribution < 1.29 is 22.4 Å². The molecule has 3 aromatic rings. The minimum absolute atomic E-state index is 0.0638. The van der Waals surface area contributed by atoms with Crippen LogP contribution in [0.2, 0.25) is 5.02 Å². The highest BCUT2D eigenvalue weighted by Crippen LogP contribution is 2.37. The first-order chi connectivity index (χ1) is 14.8. The summed E-state index contributed by atoms with van der Waals surface area (Å²) in [5.41, 5.74) is 0.784. The van der Waals surface area contributed by atoms with Gasteiger partial charge in [0.1, 0.15) is 22.5 Å². The molecule has 0 N–H and O–H groups in total. The lowest BCUT2D eigenvalue weighted by Crippen LogP contribution is -2.40. The number of hydroxylamine groups is 2. The first kappa shape index (κ1) is 21.9. The summed E-state index contributed by atoms with van der Waals surface area (Å²) in [5.74, 6) is 1.81. The van der Waals surface area contributed by atoms with E-state index in [2.05, 4.69) is 0 Å². The van der Waals surface area contributed by atoms with Gasteiger partial charge >= 0.3 is 0 Å². The van der Waals surface area contributed by atoms with Crippen molar-refractivity contribution in [3.8, 4) is 11.5 Å². The smallest absolute Gasteiger partial charge is 0.221 e. The fourth-order valence-electron chi connectivity index (χ4n) is 3.61. The maximum absolute atomic E-state index is 13.3. The molecular weight excluding hydrogens is 440 g/mol. The molecule has 1 aromatic heterocycles. The molecule has 0 unspecified atom stereocenters. The summed E-state index contributed by atoms with van der Waals surface area (Å²) in [6.45, 7) is 0.219. The Kier molecular flexibility index (Phi) is 6.36. The van der Waals surface area contributed by atoms with E-state index >= 15 is 0 Å². The number of sulfonamides is 1. The lowest BCUT2D eigenvalue weighted by atomic mass is 10.0. The van der Waals surface area contributed by atoms with Crippen molar-refractivity contribution in [2.45, 2.75) is 17.8 Å². The third-order valence-corrected chi connectivity index (χ3v) is 7.62. The van der Waals surface area contributed by atoms with Gasteiger partial charge in [-0.15, -0.1) is 0 Å². The van der Waals surface area contributed by atoms with Crippen LogP contribution in [0.3, 0.4) is 0 Å². The van der Waals surface area contributed by atoms with Gasteiger partial charge in [-0.3, -0.25) is 4.84 Å². The van der Waals surface area contributed by atoms with Crippen LogP contribution in [0.1, 0.15) is 17.4 Å². The van der Waals surface area contributed by atoms with Crippen LogP contribution in [-0.2, 0) is 21.4 Å². The van der Waals surface area contributed by atoms with E-state index in [0.29, 0.717) is 22.3 Å². The van der Waals surface area contributed by atoms with Crippen molar-refractivity contribution in [3.63, 3.8) is 0 Å². The summed E-state index contributed by atoms with van der Waals surface area (Å²) in [6, 6.07) is 17.4. The number of nitrogens with zero attached hydrogens (tertiary/aromatic N) is 2. The molecule has 1 aliphatic heterocycles. The van der Waals surface area contributed by atoms with Crippen molar-refractivity contribution in [2.75, 3.05) is 20.7 Å². The fraction of sp³-hybridized carbons (Fsp3) is 0.273. The third kappa shape index (κ3) is 4.78. The Balaban J connectivity index is 1.57. The monoisotopic (exact) mass is 462 g/mol. The van der Waals surface area contributed by atoms with Gasteiger partial charge in [0, 0.05) is 19.1 Å². The summed E-state index contributed by atoms with van der Waals surface area (Å²) >= 11 is 5.93. The number of benzene rings is 2. The zero-order valence-corrected chi connectivity index (χ0v) is 18.7. The summed E-state index contributed by atoms with van der Waals surface area (Å²) < 4.78 is 39.2. The van der Waals surface area contributed by atoms with Crippen LogP contribution >= 0.6 is 11.6 Å². The van der Waals surface area contributed by atoms with Crippen LogP contribution in [0.5, 0.6) is 11.5 Å². The van der Waals surface area contributed by atoms with Gasteiger partial charge in [-0.25, -0.2) is 8.42 Å². The minimum Gasteiger partial charge on any atom is -0.468 e. The molecule has 2 atom stereocenters. The van der Waals surface area contributed by atoms with E-state index in [1.165, 1.54) is 10.6 Å². The average Bonchev–Trinajstić information content (AvgIpc) is 3.39. The molecule has 4 rings (SSSR count). The number of ether oxygens (including phenoxy) is 1. The second-order valence-electron chi connectivity index (χ2n) is 7.33. The Hall–Kier alpha value is -2.36. The van der Waals surface area contributed by atoms with E-state index in [9.17, 15) is 8.42 Å². The van der Waals surface area contributed by atoms with Gasteiger partial charge in [-0.2, -0.15) is 9.37 Å². The molecular formula is C22H23ClN2O5S. The van der Waals surface area contributed by atoms with Crippen LogP contribution in [0.15, 0.2) is 71.3 Å². The second-order valence-corrected chi connectivity index (χ2v) is 10.0. The van der Waals surface area contributed by atoms with Crippen LogP contribution < -0.4 is 4.74 Å². The summed E-state index contributed by atoms with van der Waals surface area (Å²) in [4.78, 5) is 5.62. The van der Waals surface area contributed by atoms with Crippen molar-refractivity contribution in [2.24, 2.45) is 0 Å². The minimum atomic E-state index is -3.67. The van der Waals surface area contributed by atoms with Crippen LogP contribution in [0.4, 0.5) is 0 Å². The van der Waals surface area contributed by atoms with Gasteiger partial charge < -0.3 is 9.15 Å². The number of rotatable bonds is 7. The molecule has 2 aromatic carbocycles. The first-order valence-corrected chi connectivity index (χ1v) is 11.6. The van der Waals surface area contributed by atoms with E-state index in [1.54, 1.807) is 55.6 Å². The normalized spacial score (nSPS) is 19.7. The van der Waals surface area contributed by atoms with Crippen molar-refractivity contribution in [1.29, 1.82) is 0 Å². The third-order valence-electron chi connectivity index (χ3n) is 5.21. The molecule has 31 heavy (non-hydrogen) atoms. The summed E-state index contributed by atoms with van der Waals surface area (Å²) in [7, 11) is -0.386. The van der Waals surface area contributed by atoms with E-state index in [-0.39, 0.29) is 13.2 Å². The van der Waals surface area contributed by atoms with E-state index in [1.807, 2.05) is 24.3 Å². The molecule has 0 saturated carbocycles. The van der Waals surface area contributed by atoms with Gasteiger partial charge in [0.15, 0.2) is 0 Å². The zero-order valence-electron chi connectivity index (χ0n) is 17.1. The highest BCUT2D eigenvalue weighted by Gasteiger charge is 2.45. The predicted octanol–water partition coefficient (Wildman–Crippen LogP) is 4.47. The SMILES string of the molecule is CN1OC[C@H](S(=O)(=O)N(C)Cc2ccco2)[C@H]1c1cccc(Oc2ccc(Cl)cc2)c1. The largest absolute Gasteiger partial charge is 0.468 e. The van der Waals surface area contributed by atoms with Crippen LogP contribution in [0, 0.1) is 0 Å². The fourth-order valence-corrected chi connectivity index (χ4v) is 5.40. The first-order valence-electron chi connectivity index (χ1n) is 9.71. The molecule has 2 heterocycles. The Labute approximate surface area is 186 Å². The van der Waals surface area contributed by atoms with Gasteiger partial charge in [-0.1, -0.05) is 23.7 Å². The molecule has 164 valence electrons. The second kappa shape index (κ2) is 9.02. The van der Waals surface area contributed by atoms with Gasteiger partial charge in [0.2, 0.25) is 10.0 Å². The molecule has 0 spiro atoms. The van der Waals surface area contributed by atoms with Gasteiger partial charge in [-0.05, 0) is 54.1 Å². The number of hydrogen-bond acceptors (Lipinski definition) is 6. The Bertz CT molecular complexity index is 1120. The molecule has 0 aliphatic carbocycles. The molecule has 0 radical (unpaired) electrons. The quantitative estimate of drug-likeness (QED) is 0.515. The van der Waals surface area contributed by atoms with Crippen molar-refractivity contribution >= 4 is 21.6 Å². The topological polar surface area (TPSA) is 72.2 Å². The average molecular weight is 463 g/mol. The molecule has 0 amide bonds. The maximum atomic E-state index is 13.3. The molecule has 1 aliphatic rings. The van der Waals surface area contributed by atoms with Gasteiger partial charge in [0.25, 0.3) is 0 Å². The maximum Gasteiger partial charge on any atom is 0.221 e. The van der Waals surface area contributed by atoms with E-state index in [0.717, 1.165) is 5.56 Å². The Morgan fingerprint density at radius 2 is 1.90 bits per heavy atom. The van der Waals surface area contributed by atoms with Crippen LogP contribution in [-0.4, -0.2) is 43.7 Å². The number of hydrogen-bond donors (Lipinski definition) is 0. The highest BCUT2D eigenvalue weighted by atomic mass is 35.5. The number of furan rings is 1. The molecule has 0 bridgehead atoms. The summed E-state index contributed by atoms with van der Waals surface area (Å²) in [5, 5.41) is 1.44. The Morgan fingerprint density at radius 1 is 1.13 bits per heavy atom. The molecule has 1 fully saturated rings. The van der Waals surface area contributed by atoms with Crippen LogP contribution in [0.25, 0.3) is 0 Å². The number of halogens is 1. The zero-order chi connectivity index (χ0) is 22.0. The van der Waals surface area contributed by atoms with E-state index in [4.69, 9.17) is 25.6 Å². The van der Waals surface area contributed by atoms with E-state index < -0.39 is 21.3 Å². The highest BCUT2D eigenvalue weighted by molar-refractivity contribution is 7.89. The summed E-state index contributed by atoms with van der Waals surface area (Å²) in [6.07, 6.45) is 1.53. The predicted molar refractivity (Wildman–Crippen MR) is 117 cm³/mol. The Morgan fingerprint density at radius 3 is 2.61 bits per heavy atom. The van der Waals surface area contributed by atoms with Crippen molar-refractivity contribution in [1.82, 2.24) is 9.37 Å². The van der Waals surface area contributed by atoms with Gasteiger partial charge in [0.05, 0.1) is 25.5 Å². The lowest BCUT2D eigenvalue weighted by Gasteiger charge is -2.26. The lowest BCUT2D eigenvalue weighted by molar-refractivity contribution is -0.110.